The van der Waals surface area contributed by atoms with Crippen LogP contribution in [0.2, 0.25) is 5.02 Å². The largest absolute Gasteiger partial charge is 0.352 e. The molecule has 2 aromatic carbocycles. The Kier molecular flexibility index (Phi) is 9.73. The summed E-state index contributed by atoms with van der Waals surface area (Å²) in [6, 6.07) is 15.2. The van der Waals surface area contributed by atoms with Gasteiger partial charge in [0.2, 0.25) is 21.8 Å². The summed E-state index contributed by atoms with van der Waals surface area (Å²) in [5, 5.41) is 3.23. The first-order valence-electron chi connectivity index (χ1n) is 10.9. The molecule has 0 aliphatic carbocycles. The van der Waals surface area contributed by atoms with Gasteiger partial charge in [0.25, 0.3) is 0 Å². The molecule has 0 spiro atoms. The summed E-state index contributed by atoms with van der Waals surface area (Å²) < 4.78 is 26.1. The van der Waals surface area contributed by atoms with E-state index in [0.717, 1.165) is 16.1 Å². The number of rotatable bonds is 11. The van der Waals surface area contributed by atoms with Gasteiger partial charge in [-0.1, -0.05) is 54.9 Å². The zero-order chi connectivity index (χ0) is 24.6. The van der Waals surface area contributed by atoms with Gasteiger partial charge in [-0.15, -0.1) is 0 Å². The molecular weight excluding hydrogens is 462 g/mol. The number of carbonyl (C=O) groups is 2. The summed E-state index contributed by atoms with van der Waals surface area (Å²) in [5.41, 5.74) is 1.31. The van der Waals surface area contributed by atoms with E-state index in [1.165, 1.54) is 11.0 Å². The predicted molar refractivity (Wildman–Crippen MR) is 133 cm³/mol. The molecule has 0 heterocycles. The summed E-state index contributed by atoms with van der Waals surface area (Å²) in [5.74, 6) is -0.718. The second kappa shape index (κ2) is 12.0. The van der Waals surface area contributed by atoms with Crippen LogP contribution in [0.15, 0.2) is 54.6 Å². The fourth-order valence-electron chi connectivity index (χ4n) is 3.52. The van der Waals surface area contributed by atoms with Crippen LogP contribution in [0.5, 0.6) is 0 Å². The monoisotopic (exact) mass is 493 g/mol. The maximum atomic E-state index is 13.5. The Balaban J connectivity index is 2.36. The Hall–Kier alpha value is -2.58. The molecule has 0 radical (unpaired) electrons. The topological polar surface area (TPSA) is 86.8 Å². The van der Waals surface area contributed by atoms with Gasteiger partial charge in [0, 0.05) is 17.6 Å². The summed E-state index contributed by atoms with van der Waals surface area (Å²) in [6.07, 6.45) is 1.97. The Morgan fingerprint density at radius 2 is 1.73 bits per heavy atom. The number of nitrogens with zero attached hydrogens (tertiary/aromatic N) is 2. The number of nitrogens with one attached hydrogen (secondary N) is 1. The van der Waals surface area contributed by atoms with E-state index >= 15 is 0 Å². The first-order chi connectivity index (χ1) is 15.5. The number of carbonyl (C=O) groups excluding carboxylic acids is 2. The Bertz CT molecular complexity index is 1040. The molecule has 1 atom stereocenters. The van der Waals surface area contributed by atoms with Gasteiger partial charge in [0.15, 0.2) is 0 Å². The standard InChI is InChI=1S/C24H32ClN3O4S/c1-5-22(24(30)26-18(2)3)27(15-14-19-10-7-6-8-11-19)23(29)17-28(33(4,31)32)21-13-9-12-20(25)16-21/h6-13,16,18,22H,5,14-15,17H2,1-4H3,(H,26,30)/t22-/m0/s1. The Labute approximate surface area is 201 Å². The van der Waals surface area contributed by atoms with E-state index in [1.807, 2.05) is 51.1 Å². The van der Waals surface area contributed by atoms with E-state index in [9.17, 15) is 18.0 Å². The lowest BCUT2D eigenvalue weighted by Gasteiger charge is -2.33. The van der Waals surface area contributed by atoms with Crippen LogP contribution in [-0.2, 0) is 26.0 Å². The van der Waals surface area contributed by atoms with Gasteiger partial charge in [0.1, 0.15) is 12.6 Å². The molecule has 0 saturated heterocycles. The molecular formula is C24H32ClN3O4S. The van der Waals surface area contributed by atoms with Crippen LogP contribution < -0.4 is 9.62 Å². The molecule has 2 amide bonds. The van der Waals surface area contributed by atoms with Gasteiger partial charge in [0.05, 0.1) is 11.9 Å². The van der Waals surface area contributed by atoms with Crippen LogP contribution in [-0.4, -0.2) is 56.6 Å². The van der Waals surface area contributed by atoms with Crippen molar-refractivity contribution < 1.29 is 18.0 Å². The predicted octanol–water partition coefficient (Wildman–Crippen LogP) is 3.48. The minimum atomic E-state index is -3.78. The van der Waals surface area contributed by atoms with E-state index in [4.69, 9.17) is 11.6 Å². The fraction of sp³-hybridized carbons (Fsp3) is 0.417. The average Bonchev–Trinajstić information content (AvgIpc) is 2.74. The molecule has 180 valence electrons. The molecule has 0 fully saturated rings. The summed E-state index contributed by atoms with van der Waals surface area (Å²) in [7, 11) is -3.78. The molecule has 0 bridgehead atoms. The van der Waals surface area contributed by atoms with Crippen LogP contribution in [0, 0.1) is 0 Å². The second-order valence-corrected chi connectivity index (χ2v) is 10.5. The number of amides is 2. The highest BCUT2D eigenvalue weighted by Crippen LogP contribution is 2.22. The van der Waals surface area contributed by atoms with Crippen molar-refractivity contribution >= 4 is 39.1 Å². The maximum Gasteiger partial charge on any atom is 0.244 e. The van der Waals surface area contributed by atoms with Crippen LogP contribution in [0.4, 0.5) is 5.69 Å². The summed E-state index contributed by atoms with van der Waals surface area (Å²) in [4.78, 5) is 27.8. The van der Waals surface area contributed by atoms with Crippen LogP contribution in [0.1, 0.15) is 32.8 Å². The molecule has 0 aliphatic rings. The van der Waals surface area contributed by atoms with Crippen molar-refractivity contribution in [3.05, 3.63) is 65.2 Å². The lowest BCUT2D eigenvalue weighted by molar-refractivity contribution is -0.139. The molecule has 1 N–H and O–H groups in total. The van der Waals surface area contributed by atoms with Gasteiger partial charge >= 0.3 is 0 Å². The first kappa shape index (κ1) is 26.7. The van der Waals surface area contributed by atoms with E-state index in [1.54, 1.807) is 18.2 Å². The number of sulfonamides is 1. The third-order valence-corrected chi connectivity index (χ3v) is 6.45. The van der Waals surface area contributed by atoms with Crippen molar-refractivity contribution in [3.8, 4) is 0 Å². The highest BCUT2D eigenvalue weighted by atomic mass is 35.5. The van der Waals surface area contributed by atoms with Gasteiger partial charge in [-0.3, -0.25) is 13.9 Å². The third-order valence-electron chi connectivity index (χ3n) is 5.08. The Morgan fingerprint density at radius 1 is 1.06 bits per heavy atom. The Morgan fingerprint density at radius 3 is 2.27 bits per heavy atom. The summed E-state index contributed by atoms with van der Waals surface area (Å²) >= 11 is 6.05. The molecule has 0 unspecified atom stereocenters. The van der Waals surface area contributed by atoms with E-state index in [0.29, 0.717) is 23.6 Å². The molecule has 9 heteroatoms. The second-order valence-electron chi connectivity index (χ2n) is 8.16. The van der Waals surface area contributed by atoms with Crippen LogP contribution in [0.25, 0.3) is 0 Å². The molecule has 2 aromatic rings. The van der Waals surface area contributed by atoms with Crippen LogP contribution >= 0.6 is 11.6 Å². The van der Waals surface area contributed by atoms with Crippen molar-refractivity contribution in [3.63, 3.8) is 0 Å². The lowest BCUT2D eigenvalue weighted by atomic mass is 10.1. The number of benzene rings is 2. The van der Waals surface area contributed by atoms with Crippen molar-refractivity contribution in [2.45, 2.75) is 45.7 Å². The van der Waals surface area contributed by atoms with Crippen LogP contribution in [0.3, 0.4) is 0 Å². The molecule has 0 aromatic heterocycles. The number of hydrogen-bond donors (Lipinski definition) is 1. The van der Waals surface area contributed by atoms with Crippen molar-refractivity contribution in [1.82, 2.24) is 10.2 Å². The molecule has 0 saturated carbocycles. The minimum absolute atomic E-state index is 0.0865. The maximum absolute atomic E-state index is 13.5. The van der Waals surface area contributed by atoms with Gasteiger partial charge in [-0.05, 0) is 50.5 Å². The normalized spacial score (nSPS) is 12.3. The van der Waals surface area contributed by atoms with E-state index in [-0.39, 0.29) is 18.5 Å². The fourth-order valence-corrected chi connectivity index (χ4v) is 4.55. The van der Waals surface area contributed by atoms with Crippen molar-refractivity contribution in [2.75, 3.05) is 23.7 Å². The molecule has 0 aliphatic heterocycles. The zero-order valence-corrected chi connectivity index (χ0v) is 21.1. The SMILES string of the molecule is CC[C@@H](C(=O)NC(C)C)N(CCc1ccccc1)C(=O)CN(c1cccc(Cl)c1)S(C)(=O)=O. The van der Waals surface area contributed by atoms with Crippen molar-refractivity contribution in [2.24, 2.45) is 0 Å². The van der Waals surface area contributed by atoms with Gasteiger partial charge < -0.3 is 10.2 Å². The van der Waals surface area contributed by atoms with Crippen molar-refractivity contribution in [1.29, 1.82) is 0 Å². The highest BCUT2D eigenvalue weighted by Gasteiger charge is 2.31. The van der Waals surface area contributed by atoms with Gasteiger partial charge in [-0.2, -0.15) is 0 Å². The van der Waals surface area contributed by atoms with E-state index < -0.39 is 28.5 Å². The first-order valence-corrected chi connectivity index (χ1v) is 13.1. The average molecular weight is 494 g/mol. The highest BCUT2D eigenvalue weighted by molar-refractivity contribution is 7.92. The zero-order valence-electron chi connectivity index (χ0n) is 19.5. The van der Waals surface area contributed by atoms with Gasteiger partial charge in [-0.25, -0.2) is 8.42 Å². The quantitative estimate of drug-likeness (QED) is 0.519. The number of anilines is 1. The number of halogens is 1. The molecule has 2 rings (SSSR count). The lowest BCUT2D eigenvalue weighted by Crippen LogP contribution is -2.54. The third kappa shape index (κ3) is 8.05. The smallest absolute Gasteiger partial charge is 0.244 e. The van der Waals surface area contributed by atoms with E-state index in [2.05, 4.69) is 5.32 Å². The number of hydrogen-bond acceptors (Lipinski definition) is 4. The molecule has 33 heavy (non-hydrogen) atoms. The minimum Gasteiger partial charge on any atom is -0.352 e. The summed E-state index contributed by atoms with van der Waals surface area (Å²) in [6.45, 7) is 5.38. The molecule has 7 nitrogen and oxygen atoms in total.